The van der Waals surface area contributed by atoms with Crippen molar-refractivity contribution in [2.24, 2.45) is 5.41 Å². The van der Waals surface area contributed by atoms with Gasteiger partial charge in [0, 0.05) is 23.4 Å². The minimum absolute atomic E-state index is 0.381. The van der Waals surface area contributed by atoms with E-state index < -0.39 is 0 Å². The molecule has 1 aliphatic heterocycles. The zero-order chi connectivity index (χ0) is 10.7. The summed E-state index contributed by atoms with van der Waals surface area (Å²) >= 11 is 11.3. The van der Waals surface area contributed by atoms with E-state index in [1.165, 1.54) is 4.88 Å². The first-order valence-corrected chi connectivity index (χ1v) is 7.44. The molecule has 0 atom stereocenters. The van der Waals surface area contributed by atoms with Crippen LogP contribution in [0.3, 0.4) is 0 Å². The van der Waals surface area contributed by atoms with Gasteiger partial charge in [-0.1, -0.05) is 27.5 Å². The van der Waals surface area contributed by atoms with Crippen molar-refractivity contribution >= 4 is 38.9 Å². The third-order valence-electron chi connectivity index (χ3n) is 3.02. The Labute approximate surface area is 108 Å². The van der Waals surface area contributed by atoms with Crippen LogP contribution in [0.4, 0.5) is 0 Å². The van der Waals surface area contributed by atoms with E-state index in [4.69, 9.17) is 16.3 Å². The highest BCUT2D eigenvalue weighted by Gasteiger charge is 2.32. The van der Waals surface area contributed by atoms with Gasteiger partial charge in [-0.25, -0.2) is 0 Å². The van der Waals surface area contributed by atoms with Crippen molar-refractivity contribution in [3.63, 3.8) is 0 Å². The summed E-state index contributed by atoms with van der Waals surface area (Å²) in [6.45, 7) is 1.79. The van der Waals surface area contributed by atoms with E-state index in [1.807, 2.05) is 6.07 Å². The Hall–Kier alpha value is 0.430. The molecule has 1 nitrogen and oxygen atoms in total. The molecule has 0 amide bonds. The Balaban J connectivity index is 2.06. The zero-order valence-corrected chi connectivity index (χ0v) is 11.6. The van der Waals surface area contributed by atoms with Crippen molar-refractivity contribution in [1.82, 2.24) is 0 Å². The minimum Gasteiger partial charge on any atom is -0.381 e. The summed E-state index contributed by atoms with van der Waals surface area (Å²) in [7, 11) is 0. The van der Waals surface area contributed by atoms with Crippen molar-refractivity contribution in [2.45, 2.75) is 19.3 Å². The van der Waals surface area contributed by atoms with E-state index in [9.17, 15) is 0 Å². The Morgan fingerprint density at radius 3 is 2.67 bits per heavy atom. The lowest BCUT2D eigenvalue weighted by atomic mass is 9.79. The van der Waals surface area contributed by atoms with Gasteiger partial charge in [-0.15, -0.1) is 11.3 Å². The SMILES string of the molecule is Clc1ccc(CC2(CBr)CCOCC2)s1. The van der Waals surface area contributed by atoms with Crippen LogP contribution in [-0.2, 0) is 11.2 Å². The quantitative estimate of drug-likeness (QED) is 0.763. The standard InChI is InChI=1S/C11H14BrClOS/c12-8-11(3-5-14-6-4-11)7-9-1-2-10(13)15-9/h1-2H,3-8H2. The molecular weight excluding hydrogens is 296 g/mol. The van der Waals surface area contributed by atoms with E-state index in [0.717, 1.165) is 42.1 Å². The van der Waals surface area contributed by atoms with Gasteiger partial charge in [0.15, 0.2) is 0 Å². The lowest BCUT2D eigenvalue weighted by molar-refractivity contribution is 0.0273. The van der Waals surface area contributed by atoms with Crippen LogP contribution in [0.25, 0.3) is 0 Å². The average molecular weight is 310 g/mol. The maximum absolute atomic E-state index is 5.95. The molecule has 15 heavy (non-hydrogen) atoms. The van der Waals surface area contributed by atoms with Gasteiger partial charge in [-0.2, -0.15) is 0 Å². The summed E-state index contributed by atoms with van der Waals surface area (Å²) in [5.74, 6) is 0. The third-order valence-corrected chi connectivity index (χ3v) is 5.44. The minimum atomic E-state index is 0.381. The molecule has 0 unspecified atom stereocenters. The predicted octanol–water partition coefficient (Wildman–Crippen LogP) is 4.14. The summed E-state index contributed by atoms with van der Waals surface area (Å²) in [6.07, 6.45) is 3.42. The lowest BCUT2D eigenvalue weighted by Gasteiger charge is -2.35. The molecule has 2 rings (SSSR count). The molecule has 2 heterocycles. The largest absolute Gasteiger partial charge is 0.381 e. The fourth-order valence-corrected chi connectivity index (χ4v) is 4.00. The molecule has 1 aromatic heterocycles. The van der Waals surface area contributed by atoms with Gasteiger partial charge in [-0.3, -0.25) is 0 Å². The van der Waals surface area contributed by atoms with Gasteiger partial charge in [0.2, 0.25) is 0 Å². The van der Waals surface area contributed by atoms with Crippen LogP contribution in [-0.4, -0.2) is 18.5 Å². The Morgan fingerprint density at radius 2 is 2.13 bits per heavy atom. The van der Waals surface area contributed by atoms with Crippen molar-refractivity contribution in [2.75, 3.05) is 18.5 Å². The van der Waals surface area contributed by atoms with E-state index >= 15 is 0 Å². The molecule has 1 fully saturated rings. The smallest absolute Gasteiger partial charge is 0.0931 e. The normalized spacial score (nSPS) is 20.4. The summed E-state index contributed by atoms with van der Waals surface area (Å²) in [5.41, 5.74) is 0.381. The molecule has 0 saturated carbocycles. The van der Waals surface area contributed by atoms with Crippen LogP contribution in [0.15, 0.2) is 12.1 Å². The van der Waals surface area contributed by atoms with Crippen molar-refractivity contribution in [3.8, 4) is 0 Å². The highest BCUT2D eigenvalue weighted by Crippen LogP contribution is 2.38. The number of hydrogen-bond donors (Lipinski definition) is 0. The molecule has 4 heteroatoms. The first-order chi connectivity index (χ1) is 7.24. The number of alkyl halides is 1. The summed E-state index contributed by atoms with van der Waals surface area (Å²) in [5, 5.41) is 1.05. The van der Waals surface area contributed by atoms with Gasteiger partial charge in [0.25, 0.3) is 0 Å². The molecular formula is C11H14BrClOS. The monoisotopic (exact) mass is 308 g/mol. The molecule has 1 aliphatic rings. The number of halogens is 2. The molecule has 0 N–H and O–H groups in total. The number of ether oxygens (including phenoxy) is 1. The van der Waals surface area contributed by atoms with Crippen LogP contribution in [0, 0.1) is 5.41 Å². The molecule has 0 spiro atoms. The number of thiophene rings is 1. The summed E-state index contributed by atoms with van der Waals surface area (Å²) < 4.78 is 6.32. The number of rotatable bonds is 3. The second kappa shape index (κ2) is 5.17. The highest BCUT2D eigenvalue weighted by atomic mass is 79.9. The fraction of sp³-hybridized carbons (Fsp3) is 0.636. The lowest BCUT2D eigenvalue weighted by Crippen LogP contribution is -2.32. The van der Waals surface area contributed by atoms with Crippen molar-refractivity contribution < 1.29 is 4.74 Å². The van der Waals surface area contributed by atoms with Gasteiger partial charge in [0.1, 0.15) is 0 Å². The van der Waals surface area contributed by atoms with Crippen LogP contribution in [0.1, 0.15) is 17.7 Å². The second-order valence-corrected chi connectivity index (χ2v) is 6.49. The first kappa shape index (κ1) is 11.9. The van der Waals surface area contributed by atoms with E-state index in [2.05, 4.69) is 22.0 Å². The molecule has 0 aliphatic carbocycles. The zero-order valence-electron chi connectivity index (χ0n) is 8.47. The first-order valence-electron chi connectivity index (χ1n) is 5.12. The van der Waals surface area contributed by atoms with Crippen LogP contribution in [0.2, 0.25) is 4.34 Å². The molecule has 0 bridgehead atoms. The van der Waals surface area contributed by atoms with Crippen LogP contribution >= 0.6 is 38.9 Å². The molecule has 1 saturated heterocycles. The third kappa shape index (κ3) is 2.96. The maximum atomic E-state index is 5.95. The second-order valence-electron chi connectivity index (χ2n) is 4.13. The maximum Gasteiger partial charge on any atom is 0.0931 e. The van der Waals surface area contributed by atoms with Crippen LogP contribution in [0.5, 0.6) is 0 Å². The van der Waals surface area contributed by atoms with E-state index in [-0.39, 0.29) is 0 Å². The van der Waals surface area contributed by atoms with Crippen molar-refractivity contribution in [3.05, 3.63) is 21.3 Å². The number of hydrogen-bond acceptors (Lipinski definition) is 2. The molecule has 84 valence electrons. The Bertz CT molecular complexity index is 320. The molecule has 0 radical (unpaired) electrons. The van der Waals surface area contributed by atoms with Crippen molar-refractivity contribution in [1.29, 1.82) is 0 Å². The predicted molar refractivity (Wildman–Crippen MR) is 69.3 cm³/mol. The van der Waals surface area contributed by atoms with E-state index in [1.54, 1.807) is 11.3 Å². The fourth-order valence-electron chi connectivity index (χ4n) is 1.98. The van der Waals surface area contributed by atoms with Gasteiger partial charge in [0.05, 0.1) is 4.34 Å². The summed E-state index contributed by atoms with van der Waals surface area (Å²) in [4.78, 5) is 1.39. The van der Waals surface area contributed by atoms with E-state index in [0.29, 0.717) is 5.41 Å². The highest BCUT2D eigenvalue weighted by molar-refractivity contribution is 9.09. The van der Waals surface area contributed by atoms with Gasteiger partial charge < -0.3 is 4.74 Å². The topological polar surface area (TPSA) is 9.23 Å². The Kier molecular flexibility index (Phi) is 4.10. The van der Waals surface area contributed by atoms with Crippen LogP contribution < -0.4 is 0 Å². The van der Waals surface area contributed by atoms with Gasteiger partial charge >= 0.3 is 0 Å². The summed E-state index contributed by atoms with van der Waals surface area (Å²) in [6, 6.07) is 4.13. The molecule has 0 aromatic carbocycles. The molecule has 1 aromatic rings. The average Bonchev–Trinajstić information content (AvgIpc) is 2.65. The Morgan fingerprint density at radius 1 is 1.40 bits per heavy atom. The van der Waals surface area contributed by atoms with Gasteiger partial charge in [-0.05, 0) is 36.8 Å².